The largest absolute Gasteiger partial charge is 0.508 e. The van der Waals surface area contributed by atoms with Gasteiger partial charge in [0.1, 0.15) is 5.75 Å². The van der Waals surface area contributed by atoms with Gasteiger partial charge in [-0.05, 0) is 37.6 Å². The Labute approximate surface area is 112 Å². The number of hydrogen-bond donors (Lipinski definition) is 2. The lowest BCUT2D eigenvalue weighted by Crippen LogP contribution is -2.17. The summed E-state index contributed by atoms with van der Waals surface area (Å²) >= 11 is 0. The molecule has 102 valence electrons. The van der Waals surface area contributed by atoms with Gasteiger partial charge in [-0.25, -0.2) is 0 Å². The van der Waals surface area contributed by atoms with Crippen LogP contribution >= 0.6 is 0 Å². The molecule has 0 saturated carbocycles. The highest BCUT2D eigenvalue weighted by molar-refractivity contribution is 5.57. The molecule has 0 radical (unpaired) electrons. The monoisotopic (exact) mass is 261 g/mol. The van der Waals surface area contributed by atoms with Gasteiger partial charge in [-0.15, -0.1) is 10.2 Å². The Bertz CT molecular complexity index is 537. The molecule has 0 aliphatic rings. The molecule has 0 aliphatic carbocycles. The highest BCUT2D eigenvalue weighted by atomic mass is 16.4. The third-order valence-electron chi connectivity index (χ3n) is 2.87. The minimum absolute atomic E-state index is 0.238. The van der Waals surface area contributed by atoms with Crippen LogP contribution in [0.15, 0.2) is 22.6 Å². The number of aromatic nitrogens is 2. The first kappa shape index (κ1) is 13.5. The van der Waals surface area contributed by atoms with Crippen LogP contribution in [0.5, 0.6) is 5.75 Å². The van der Waals surface area contributed by atoms with E-state index in [4.69, 9.17) is 4.42 Å². The molecule has 5 heteroatoms. The van der Waals surface area contributed by atoms with E-state index in [0.29, 0.717) is 18.2 Å². The molecular formula is C14H19N3O2. The Morgan fingerprint density at radius 2 is 2.11 bits per heavy atom. The predicted octanol–water partition coefficient (Wildman–Crippen LogP) is 2.29. The van der Waals surface area contributed by atoms with Crippen molar-refractivity contribution >= 4 is 0 Å². The molecule has 0 aliphatic heterocycles. The summed E-state index contributed by atoms with van der Waals surface area (Å²) < 4.78 is 5.57. The van der Waals surface area contributed by atoms with Crippen molar-refractivity contribution in [3.8, 4) is 17.2 Å². The van der Waals surface area contributed by atoms with Gasteiger partial charge in [0.15, 0.2) is 0 Å². The number of phenolic OH excluding ortho intramolecular Hbond substituents is 1. The van der Waals surface area contributed by atoms with Crippen LogP contribution in [0, 0.1) is 6.92 Å². The molecule has 2 rings (SSSR count). The molecule has 19 heavy (non-hydrogen) atoms. The fraction of sp³-hybridized carbons (Fsp3) is 0.429. The molecule has 2 aromatic rings. The number of nitrogens with one attached hydrogen (secondary N) is 1. The minimum atomic E-state index is 0.238. The third kappa shape index (κ3) is 3.54. The van der Waals surface area contributed by atoms with Gasteiger partial charge in [0.25, 0.3) is 0 Å². The molecular weight excluding hydrogens is 242 g/mol. The van der Waals surface area contributed by atoms with Crippen molar-refractivity contribution in [3.63, 3.8) is 0 Å². The van der Waals surface area contributed by atoms with Crippen molar-refractivity contribution in [2.75, 3.05) is 13.1 Å². The standard InChI is InChI=1S/C14H19N3O2/c1-3-7-15-8-6-13-16-17-14(19-13)11-5-4-10(2)12(18)9-11/h4-5,9,15,18H,3,6-8H2,1-2H3. The van der Waals surface area contributed by atoms with Crippen molar-refractivity contribution in [1.82, 2.24) is 15.5 Å². The molecule has 0 fully saturated rings. The van der Waals surface area contributed by atoms with Crippen LogP contribution < -0.4 is 5.32 Å². The van der Waals surface area contributed by atoms with E-state index in [1.54, 1.807) is 6.07 Å². The highest BCUT2D eigenvalue weighted by Gasteiger charge is 2.09. The first-order valence-electron chi connectivity index (χ1n) is 6.53. The first-order chi connectivity index (χ1) is 9.20. The fourth-order valence-electron chi connectivity index (χ4n) is 1.71. The van der Waals surface area contributed by atoms with Gasteiger partial charge in [-0.2, -0.15) is 0 Å². The lowest BCUT2D eigenvalue weighted by Gasteiger charge is -2.00. The second-order valence-corrected chi connectivity index (χ2v) is 4.50. The van der Waals surface area contributed by atoms with Crippen LogP contribution in [0.4, 0.5) is 0 Å². The van der Waals surface area contributed by atoms with Crippen molar-refractivity contribution < 1.29 is 9.52 Å². The number of phenols is 1. The fourth-order valence-corrected chi connectivity index (χ4v) is 1.71. The molecule has 0 spiro atoms. The Hall–Kier alpha value is -1.88. The minimum Gasteiger partial charge on any atom is -0.508 e. The smallest absolute Gasteiger partial charge is 0.247 e. The second-order valence-electron chi connectivity index (χ2n) is 4.50. The quantitative estimate of drug-likeness (QED) is 0.781. The molecule has 1 aromatic carbocycles. The molecule has 0 atom stereocenters. The SMILES string of the molecule is CCCNCCc1nnc(-c2ccc(C)c(O)c2)o1. The first-order valence-corrected chi connectivity index (χ1v) is 6.53. The molecule has 5 nitrogen and oxygen atoms in total. The van der Waals surface area contributed by atoms with E-state index in [1.165, 1.54) is 0 Å². The molecule has 1 aromatic heterocycles. The summed E-state index contributed by atoms with van der Waals surface area (Å²) in [5.41, 5.74) is 1.57. The zero-order valence-corrected chi connectivity index (χ0v) is 11.3. The van der Waals surface area contributed by atoms with Crippen LogP contribution in [0.1, 0.15) is 24.8 Å². The highest BCUT2D eigenvalue weighted by Crippen LogP contribution is 2.24. The number of hydrogen-bond acceptors (Lipinski definition) is 5. The number of aromatic hydroxyl groups is 1. The number of benzene rings is 1. The van der Waals surface area contributed by atoms with Crippen LogP contribution in [-0.4, -0.2) is 28.4 Å². The van der Waals surface area contributed by atoms with E-state index in [1.807, 2.05) is 19.1 Å². The van der Waals surface area contributed by atoms with E-state index < -0.39 is 0 Å². The van der Waals surface area contributed by atoms with E-state index >= 15 is 0 Å². The average Bonchev–Trinajstić information content (AvgIpc) is 2.87. The zero-order valence-electron chi connectivity index (χ0n) is 11.3. The van der Waals surface area contributed by atoms with Crippen molar-refractivity contribution in [2.24, 2.45) is 0 Å². The molecule has 2 N–H and O–H groups in total. The van der Waals surface area contributed by atoms with Crippen molar-refractivity contribution in [2.45, 2.75) is 26.7 Å². The summed E-state index contributed by atoms with van der Waals surface area (Å²) in [6.07, 6.45) is 1.82. The van der Waals surface area contributed by atoms with Gasteiger partial charge >= 0.3 is 0 Å². The summed E-state index contributed by atoms with van der Waals surface area (Å²) in [6.45, 7) is 5.79. The Balaban J connectivity index is 2.01. The maximum Gasteiger partial charge on any atom is 0.247 e. The van der Waals surface area contributed by atoms with Crippen LogP contribution in [0.3, 0.4) is 0 Å². The summed E-state index contributed by atoms with van der Waals surface area (Å²) in [4.78, 5) is 0. The van der Waals surface area contributed by atoms with Gasteiger partial charge in [0.05, 0.1) is 0 Å². The van der Waals surface area contributed by atoms with E-state index in [0.717, 1.165) is 30.6 Å². The second kappa shape index (κ2) is 6.33. The average molecular weight is 261 g/mol. The van der Waals surface area contributed by atoms with Crippen molar-refractivity contribution in [1.29, 1.82) is 0 Å². The van der Waals surface area contributed by atoms with Crippen LogP contribution in [0.2, 0.25) is 0 Å². The van der Waals surface area contributed by atoms with E-state index in [9.17, 15) is 5.11 Å². The van der Waals surface area contributed by atoms with Gasteiger partial charge in [-0.1, -0.05) is 13.0 Å². The van der Waals surface area contributed by atoms with Crippen LogP contribution in [-0.2, 0) is 6.42 Å². The van der Waals surface area contributed by atoms with Gasteiger partial charge in [-0.3, -0.25) is 0 Å². The maximum absolute atomic E-state index is 9.67. The molecule has 0 saturated heterocycles. The van der Waals surface area contributed by atoms with Gasteiger partial charge in [0.2, 0.25) is 11.8 Å². The summed E-state index contributed by atoms with van der Waals surface area (Å²) in [7, 11) is 0. The summed E-state index contributed by atoms with van der Waals surface area (Å²) in [5.74, 6) is 1.29. The number of rotatable bonds is 6. The maximum atomic E-state index is 9.67. The summed E-state index contributed by atoms with van der Waals surface area (Å²) in [6, 6.07) is 5.33. The molecule has 0 unspecified atom stereocenters. The van der Waals surface area contributed by atoms with Gasteiger partial charge in [0, 0.05) is 18.5 Å². The van der Waals surface area contributed by atoms with E-state index in [2.05, 4.69) is 22.4 Å². The lowest BCUT2D eigenvalue weighted by molar-refractivity contribution is 0.469. The number of nitrogens with zero attached hydrogens (tertiary/aromatic N) is 2. The Morgan fingerprint density at radius 3 is 2.84 bits per heavy atom. The normalized spacial score (nSPS) is 10.8. The summed E-state index contributed by atoms with van der Waals surface area (Å²) in [5, 5.41) is 21.0. The zero-order chi connectivity index (χ0) is 13.7. The molecule has 1 heterocycles. The molecule has 0 bridgehead atoms. The molecule has 0 amide bonds. The predicted molar refractivity (Wildman–Crippen MR) is 73.0 cm³/mol. The third-order valence-corrected chi connectivity index (χ3v) is 2.87. The van der Waals surface area contributed by atoms with Crippen molar-refractivity contribution in [3.05, 3.63) is 29.7 Å². The lowest BCUT2D eigenvalue weighted by atomic mass is 10.1. The topological polar surface area (TPSA) is 71.2 Å². The number of aryl methyl sites for hydroxylation is 1. The van der Waals surface area contributed by atoms with Crippen LogP contribution in [0.25, 0.3) is 11.5 Å². The van der Waals surface area contributed by atoms with Gasteiger partial charge < -0.3 is 14.8 Å². The Kier molecular flexibility index (Phi) is 4.52. The van der Waals surface area contributed by atoms with E-state index in [-0.39, 0.29) is 5.75 Å². The Morgan fingerprint density at radius 1 is 1.26 bits per heavy atom.